The first-order chi connectivity index (χ1) is 26.0. The third-order valence-corrected chi connectivity index (χ3v) is 10.9. The average Bonchev–Trinajstić information content (AvgIpc) is 3.16. The molecule has 0 aliphatic carbocycles. The number of unbranched alkanes of at least 4 members (excludes halogenated alkanes) is 29. The van der Waals surface area contributed by atoms with E-state index in [1.807, 2.05) is 0 Å². The van der Waals surface area contributed by atoms with Gasteiger partial charge in [0.05, 0.1) is 18.8 Å². The number of allylic oxidation sites excluding steroid dienone is 4. The number of carbonyl (C=O) groups excluding carboxylic acids is 1. The molecule has 0 aromatic rings. The quantitative estimate of drug-likeness (QED) is 0.0315. The van der Waals surface area contributed by atoms with Gasteiger partial charge in [0.15, 0.2) is 0 Å². The number of carbonyl (C=O) groups is 1. The molecular weight excluding hydrogens is 659 g/mol. The van der Waals surface area contributed by atoms with Gasteiger partial charge in [-0.1, -0.05) is 218 Å². The summed E-state index contributed by atoms with van der Waals surface area (Å²) in [6.45, 7) is 3.99. The van der Waals surface area contributed by atoms with Crippen molar-refractivity contribution in [3.63, 3.8) is 0 Å². The Hall–Kier alpha value is -1.21. The second-order valence-electron chi connectivity index (χ2n) is 16.1. The van der Waals surface area contributed by atoms with Crippen LogP contribution >= 0.6 is 0 Å². The SMILES string of the molecule is CCCC/C=C/CC/C=C/CCCC(O)C(O)C(CO)NC(=O)C(O)CCCCCCCCCCCCCCCCCCCCCCCCCCCC. The molecule has 5 N–H and O–H groups in total. The van der Waals surface area contributed by atoms with Gasteiger partial charge in [-0.3, -0.25) is 4.79 Å². The highest BCUT2D eigenvalue weighted by Crippen LogP contribution is 2.17. The molecule has 4 atom stereocenters. The zero-order valence-corrected chi connectivity index (χ0v) is 35.3. The van der Waals surface area contributed by atoms with Crippen molar-refractivity contribution in [1.82, 2.24) is 5.32 Å². The van der Waals surface area contributed by atoms with Crippen LogP contribution in [-0.4, -0.2) is 57.3 Å². The average molecular weight is 750 g/mol. The van der Waals surface area contributed by atoms with E-state index in [1.54, 1.807) is 0 Å². The Balaban J connectivity index is 3.62. The molecule has 4 unspecified atom stereocenters. The number of aliphatic hydroxyl groups excluding tert-OH is 4. The van der Waals surface area contributed by atoms with Crippen molar-refractivity contribution in [2.75, 3.05) is 6.61 Å². The van der Waals surface area contributed by atoms with Crippen LogP contribution in [0.2, 0.25) is 0 Å². The molecule has 0 bridgehead atoms. The van der Waals surface area contributed by atoms with Gasteiger partial charge in [0.2, 0.25) is 5.91 Å². The third kappa shape index (κ3) is 36.2. The van der Waals surface area contributed by atoms with Crippen LogP contribution in [0.15, 0.2) is 24.3 Å². The molecule has 0 saturated heterocycles. The zero-order chi connectivity index (χ0) is 38.9. The fourth-order valence-corrected chi connectivity index (χ4v) is 7.17. The fraction of sp³-hybridized carbons (Fsp3) is 0.894. The van der Waals surface area contributed by atoms with Gasteiger partial charge in [-0.2, -0.15) is 0 Å². The third-order valence-electron chi connectivity index (χ3n) is 10.9. The van der Waals surface area contributed by atoms with Crippen LogP contribution in [0.25, 0.3) is 0 Å². The molecule has 0 spiro atoms. The van der Waals surface area contributed by atoms with Gasteiger partial charge in [0, 0.05) is 0 Å². The summed E-state index contributed by atoms with van der Waals surface area (Å²) >= 11 is 0. The Kier molecular flexibility index (Phi) is 41.0. The molecule has 6 nitrogen and oxygen atoms in total. The number of hydrogen-bond acceptors (Lipinski definition) is 5. The van der Waals surface area contributed by atoms with Crippen molar-refractivity contribution in [3.8, 4) is 0 Å². The highest BCUT2D eigenvalue weighted by Gasteiger charge is 2.28. The maximum atomic E-state index is 12.5. The minimum atomic E-state index is -1.29. The van der Waals surface area contributed by atoms with Crippen LogP contribution in [0, 0.1) is 0 Å². The van der Waals surface area contributed by atoms with E-state index in [-0.39, 0.29) is 0 Å². The number of nitrogens with one attached hydrogen (secondary N) is 1. The molecule has 1 amide bonds. The normalized spacial score (nSPS) is 14.3. The summed E-state index contributed by atoms with van der Waals surface area (Å²) in [7, 11) is 0. The van der Waals surface area contributed by atoms with E-state index in [4.69, 9.17) is 0 Å². The van der Waals surface area contributed by atoms with Crippen molar-refractivity contribution in [3.05, 3.63) is 24.3 Å². The molecule has 0 rings (SSSR count). The van der Waals surface area contributed by atoms with E-state index in [1.165, 1.54) is 161 Å². The predicted molar refractivity (Wildman–Crippen MR) is 228 cm³/mol. The molecule has 53 heavy (non-hydrogen) atoms. The van der Waals surface area contributed by atoms with Crippen molar-refractivity contribution >= 4 is 5.91 Å². The molecule has 0 aromatic heterocycles. The standard InChI is InChI=1S/C47H91NO5/c1-3-5-7-9-11-13-15-16-17-18-19-20-21-22-23-24-25-26-27-28-29-31-33-35-37-39-41-45(51)47(53)48-43(42-49)46(52)44(50)40-38-36-34-32-30-14-12-10-8-6-4-2/h10,12,32,34,43-46,49-52H,3-9,11,13-31,33,35-42H2,1-2H3,(H,48,53)/b12-10+,34-32+. The summed E-state index contributed by atoms with van der Waals surface area (Å²) in [6, 6.07) is -1.00. The van der Waals surface area contributed by atoms with Crippen LogP contribution in [-0.2, 0) is 4.79 Å². The van der Waals surface area contributed by atoms with Gasteiger partial charge in [-0.25, -0.2) is 0 Å². The monoisotopic (exact) mass is 750 g/mol. The van der Waals surface area contributed by atoms with E-state index in [0.29, 0.717) is 19.3 Å². The molecular formula is C47H91NO5. The summed E-state index contributed by atoms with van der Waals surface area (Å²) in [5.41, 5.74) is 0. The van der Waals surface area contributed by atoms with Gasteiger partial charge >= 0.3 is 0 Å². The summed E-state index contributed by atoms with van der Waals surface area (Å²) in [4.78, 5) is 12.5. The largest absolute Gasteiger partial charge is 0.394 e. The van der Waals surface area contributed by atoms with Crippen molar-refractivity contribution < 1.29 is 25.2 Å². The Labute approximate surface area is 329 Å². The minimum absolute atomic E-state index is 0.364. The topological polar surface area (TPSA) is 110 Å². The van der Waals surface area contributed by atoms with Crippen LogP contribution in [0.1, 0.15) is 239 Å². The van der Waals surface area contributed by atoms with Gasteiger partial charge < -0.3 is 25.7 Å². The smallest absolute Gasteiger partial charge is 0.249 e. The molecule has 0 aromatic carbocycles. The molecule has 0 heterocycles. The van der Waals surface area contributed by atoms with E-state index in [9.17, 15) is 25.2 Å². The first kappa shape index (κ1) is 51.8. The van der Waals surface area contributed by atoms with Gasteiger partial charge in [-0.05, 0) is 44.9 Å². The number of amides is 1. The maximum absolute atomic E-state index is 12.5. The summed E-state index contributed by atoms with van der Waals surface area (Å²) in [6.07, 6.45) is 48.1. The lowest BCUT2D eigenvalue weighted by Gasteiger charge is -2.27. The summed E-state index contributed by atoms with van der Waals surface area (Å²) in [5.74, 6) is -0.596. The van der Waals surface area contributed by atoms with Gasteiger partial charge in [0.25, 0.3) is 0 Å². The van der Waals surface area contributed by atoms with Crippen molar-refractivity contribution in [2.45, 2.75) is 263 Å². The first-order valence-electron chi connectivity index (χ1n) is 23.2. The Morgan fingerprint density at radius 2 is 0.792 bits per heavy atom. The Morgan fingerprint density at radius 3 is 1.17 bits per heavy atom. The Morgan fingerprint density at radius 1 is 0.453 bits per heavy atom. The second kappa shape index (κ2) is 41.9. The highest BCUT2D eigenvalue weighted by molar-refractivity contribution is 5.80. The van der Waals surface area contributed by atoms with Crippen LogP contribution in [0.3, 0.4) is 0 Å². The predicted octanol–water partition coefficient (Wildman–Crippen LogP) is 12.4. The lowest BCUT2D eigenvalue weighted by molar-refractivity contribution is -0.132. The van der Waals surface area contributed by atoms with Gasteiger partial charge in [0.1, 0.15) is 12.2 Å². The van der Waals surface area contributed by atoms with E-state index < -0.39 is 36.9 Å². The van der Waals surface area contributed by atoms with E-state index >= 15 is 0 Å². The number of aliphatic hydroxyl groups is 4. The lowest BCUT2D eigenvalue weighted by atomic mass is 10.00. The molecule has 0 radical (unpaired) electrons. The van der Waals surface area contributed by atoms with Crippen LogP contribution < -0.4 is 5.32 Å². The fourth-order valence-electron chi connectivity index (χ4n) is 7.17. The number of hydrogen-bond donors (Lipinski definition) is 5. The van der Waals surface area contributed by atoms with Gasteiger partial charge in [-0.15, -0.1) is 0 Å². The molecule has 0 saturated carbocycles. The van der Waals surface area contributed by atoms with Crippen LogP contribution in [0.5, 0.6) is 0 Å². The number of rotatable bonds is 42. The molecule has 314 valence electrons. The summed E-state index contributed by atoms with van der Waals surface area (Å²) in [5, 5.41) is 43.5. The zero-order valence-electron chi connectivity index (χ0n) is 35.3. The highest BCUT2D eigenvalue weighted by atomic mass is 16.3. The van der Waals surface area contributed by atoms with E-state index in [2.05, 4.69) is 43.5 Å². The Bertz CT molecular complexity index is 802. The molecule has 0 aliphatic rings. The van der Waals surface area contributed by atoms with Crippen LogP contribution in [0.4, 0.5) is 0 Å². The van der Waals surface area contributed by atoms with Crippen molar-refractivity contribution in [2.24, 2.45) is 0 Å². The summed E-state index contributed by atoms with van der Waals surface area (Å²) < 4.78 is 0. The molecule has 0 fully saturated rings. The van der Waals surface area contributed by atoms with Crippen molar-refractivity contribution in [1.29, 1.82) is 0 Å². The van der Waals surface area contributed by atoms with E-state index in [0.717, 1.165) is 44.9 Å². The second-order valence-corrected chi connectivity index (χ2v) is 16.1. The molecule has 0 aliphatic heterocycles. The molecule has 6 heteroatoms. The lowest BCUT2D eigenvalue weighted by Crippen LogP contribution is -2.53. The maximum Gasteiger partial charge on any atom is 0.249 e. The first-order valence-corrected chi connectivity index (χ1v) is 23.2. The minimum Gasteiger partial charge on any atom is -0.394 e.